The Hall–Kier alpha value is -1.62. The largest absolute Gasteiger partial charge is 0.350 e. The number of hydrogen-bond acceptors (Lipinski definition) is 4. The number of aromatic nitrogens is 3. The molecule has 0 saturated carbocycles. The van der Waals surface area contributed by atoms with E-state index in [1.165, 1.54) is 0 Å². The van der Waals surface area contributed by atoms with Crippen LogP contribution in [-0.4, -0.2) is 33.7 Å². The van der Waals surface area contributed by atoms with E-state index in [-0.39, 0.29) is 0 Å². The fourth-order valence-corrected chi connectivity index (χ4v) is 2.25. The summed E-state index contributed by atoms with van der Waals surface area (Å²) in [6.07, 6.45) is 2.27. The maximum atomic E-state index is 4.49. The first kappa shape index (κ1) is 10.5. The molecule has 0 aliphatic carbocycles. The maximum absolute atomic E-state index is 4.49. The van der Waals surface area contributed by atoms with Gasteiger partial charge in [0.25, 0.3) is 0 Å². The minimum absolute atomic E-state index is 0.494. The number of aryl methyl sites for hydroxylation is 1. The lowest BCUT2D eigenvalue weighted by Crippen LogP contribution is -2.35. The van der Waals surface area contributed by atoms with Crippen LogP contribution in [0.25, 0.3) is 5.65 Å². The van der Waals surface area contributed by atoms with Crippen LogP contribution in [-0.2, 0) is 0 Å². The van der Waals surface area contributed by atoms with Crippen molar-refractivity contribution in [2.24, 2.45) is 0 Å². The second-order valence-electron chi connectivity index (χ2n) is 4.54. The van der Waals surface area contributed by atoms with Gasteiger partial charge in [-0.3, -0.25) is 0 Å². The smallest absolute Gasteiger partial charge is 0.243 e. The zero-order valence-electron chi connectivity index (χ0n) is 9.98. The average Bonchev–Trinajstić information content (AvgIpc) is 2.74. The summed E-state index contributed by atoms with van der Waals surface area (Å²) in [6, 6.07) is 6.52. The number of hydrogen-bond donors (Lipinski definition) is 2. The summed E-state index contributed by atoms with van der Waals surface area (Å²) in [5.74, 6) is 0.742. The first-order valence-corrected chi connectivity index (χ1v) is 6.12. The molecule has 2 N–H and O–H groups in total. The van der Waals surface area contributed by atoms with Crippen LogP contribution in [0.2, 0.25) is 0 Å². The summed E-state index contributed by atoms with van der Waals surface area (Å²) >= 11 is 0. The highest BCUT2D eigenvalue weighted by molar-refractivity contribution is 5.44. The van der Waals surface area contributed by atoms with E-state index in [0.717, 1.165) is 43.2 Å². The van der Waals surface area contributed by atoms with Crippen molar-refractivity contribution in [3.63, 3.8) is 0 Å². The molecule has 5 heteroatoms. The van der Waals surface area contributed by atoms with Crippen molar-refractivity contribution in [3.05, 3.63) is 23.9 Å². The molecule has 90 valence electrons. The van der Waals surface area contributed by atoms with Crippen LogP contribution in [0.5, 0.6) is 0 Å². The minimum atomic E-state index is 0.494. The lowest BCUT2D eigenvalue weighted by molar-refractivity contribution is 0.477. The Morgan fingerprint density at radius 1 is 1.35 bits per heavy atom. The highest BCUT2D eigenvalue weighted by Gasteiger charge is 2.14. The second-order valence-corrected chi connectivity index (χ2v) is 4.54. The topological polar surface area (TPSA) is 54.2 Å². The standard InChI is InChI=1S/C12H17N5/c1-9-3-2-4-11-15-12(16-17(9)11)14-10-5-7-13-8-6-10/h2-4,10,13H,5-8H2,1H3,(H,14,16). The molecule has 0 aromatic carbocycles. The Morgan fingerprint density at radius 2 is 2.18 bits per heavy atom. The fourth-order valence-electron chi connectivity index (χ4n) is 2.25. The molecule has 0 unspecified atom stereocenters. The molecular weight excluding hydrogens is 214 g/mol. The van der Waals surface area contributed by atoms with Gasteiger partial charge in [0.2, 0.25) is 5.95 Å². The highest BCUT2D eigenvalue weighted by atomic mass is 15.4. The predicted molar refractivity (Wildman–Crippen MR) is 67.2 cm³/mol. The number of nitrogens with one attached hydrogen (secondary N) is 2. The number of rotatable bonds is 2. The lowest BCUT2D eigenvalue weighted by Gasteiger charge is -2.22. The third-order valence-corrected chi connectivity index (χ3v) is 3.22. The van der Waals surface area contributed by atoms with Crippen molar-refractivity contribution < 1.29 is 0 Å². The van der Waals surface area contributed by atoms with E-state index in [1.807, 2.05) is 29.6 Å². The Labute approximate surface area is 100 Å². The minimum Gasteiger partial charge on any atom is -0.350 e. The fraction of sp³-hybridized carbons (Fsp3) is 0.500. The van der Waals surface area contributed by atoms with Gasteiger partial charge in [0.1, 0.15) is 0 Å². The number of fused-ring (bicyclic) bond motifs is 1. The second kappa shape index (κ2) is 4.33. The van der Waals surface area contributed by atoms with E-state index in [9.17, 15) is 0 Å². The summed E-state index contributed by atoms with van der Waals surface area (Å²) in [5, 5.41) is 11.2. The molecule has 3 heterocycles. The third kappa shape index (κ3) is 2.10. The van der Waals surface area contributed by atoms with Crippen LogP contribution in [0.4, 0.5) is 5.95 Å². The van der Waals surface area contributed by atoms with Crippen LogP contribution in [0.1, 0.15) is 18.5 Å². The summed E-state index contributed by atoms with van der Waals surface area (Å²) in [4.78, 5) is 4.49. The molecule has 2 aromatic heterocycles. The zero-order chi connectivity index (χ0) is 11.7. The van der Waals surface area contributed by atoms with E-state index >= 15 is 0 Å². The lowest BCUT2D eigenvalue weighted by atomic mass is 10.1. The van der Waals surface area contributed by atoms with E-state index in [0.29, 0.717) is 6.04 Å². The third-order valence-electron chi connectivity index (χ3n) is 3.22. The molecule has 1 aliphatic heterocycles. The quantitative estimate of drug-likeness (QED) is 0.815. The van der Waals surface area contributed by atoms with Gasteiger partial charge in [-0.05, 0) is 45.0 Å². The molecule has 17 heavy (non-hydrogen) atoms. The van der Waals surface area contributed by atoms with Crippen molar-refractivity contribution in [1.29, 1.82) is 0 Å². The average molecular weight is 231 g/mol. The Morgan fingerprint density at radius 3 is 2.94 bits per heavy atom. The molecule has 1 fully saturated rings. The van der Waals surface area contributed by atoms with Crippen LogP contribution >= 0.6 is 0 Å². The number of anilines is 1. The molecule has 3 rings (SSSR count). The van der Waals surface area contributed by atoms with Crippen molar-refractivity contribution >= 4 is 11.6 Å². The SMILES string of the molecule is Cc1cccc2nc(NC3CCNCC3)nn12. The first-order chi connectivity index (χ1) is 8.33. The van der Waals surface area contributed by atoms with Gasteiger partial charge >= 0.3 is 0 Å². The maximum Gasteiger partial charge on any atom is 0.243 e. The predicted octanol–water partition coefficient (Wildman–Crippen LogP) is 1.20. The highest BCUT2D eigenvalue weighted by Crippen LogP contribution is 2.12. The molecule has 0 spiro atoms. The van der Waals surface area contributed by atoms with Gasteiger partial charge in [0.05, 0.1) is 0 Å². The Balaban J connectivity index is 1.83. The molecule has 2 aromatic rings. The normalized spacial score (nSPS) is 17.5. The van der Waals surface area contributed by atoms with Crippen molar-refractivity contribution in [2.75, 3.05) is 18.4 Å². The van der Waals surface area contributed by atoms with Gasteiger partial charge in [0, 0.05) is 11.7 Å². The van der Waals surface area contributed by atoms with E-state index < -0.39 is 0 Å². The molecular formula is C12H17N5. The van der Waals surface area contributed by atoms with Gasteiger partial charge in [-0.2, -0.15) is 4.98 Å². The van der Waals surface area contributed by atoms with Crippen LogP contribution in [0.3, 0.4) is 0 Å². The van der Waals surface area contributed by atoms with Crippen molar-refractivity contribution in [3.8, 4) is 0 Å². The van der Waals surface area contributed by atoms with Crippen molar-refractivity contribution in [1.82, 2.24) is 19.9 Å². The van der Waals surface area contributed by atoms with Gasteiger partial charge in [-0.15, -0.1) is 5.10 Å². The first-order valence-electron chi connectivity index (χ1n) is 6.12. The zero-order valence-corrected chi connectivity index (χ0v) is 9.98. The number of pyridine rings is 1. The molecule has 5 nitrogen and oxygen atoms in total. The monoisotopic (exact) mass is 231 g/mol. The van der Waals surface area contributed by atoms with Gasteiger partial charge in [0.15, 0.2) is 5.65 Å². The number of nitrogens with zero attached hydrogens (tertiary/aromatic N) is 3. The van der Waals surface area contributed by atoms with Crippen LogP contribution in [0, 0.1) is 6.92 Å². The summed E-state index contributed by atoms with van der Waals surface area (Å²) < 4.78 is 1.88. The van der Waals surface area contributed by atoms with Crippen molar-refractivity contribution in [2.45, 2.75) is 25.8 Å². The molecule has 0 bridgehead atoms. The van der Waals surface area contributed by atoms with Gasteiger partial charge in [-0.1, -0.05) is 6.07 Å². The Bertz CT molecular complexity index is 513. The van der Waals surface area contributed by atoms with Crippen LogP contribution in [0.15, 0.2) is 18.2 Å². The van der Waals surface area contributed by atoms with E-state index in [4.69, 9.17) is 0 Å². The summed E-state index contributed by atoms with van der Waals surface area (Å²) in [7, 11) is 0. The Kier molecular flexibility index (Phi) is 2.68. The molecule has 0 amide bonds. The molecule has 1 aliphatic rings. The van der Waals surface area contributed by atoms with E-state index in [1.54, 1.807) is 0 Å². The molecule has 0 radical (unpaired) electrons. The molecule has 1 saturated heterocycles. The molecule has 0 atom stereocenters. The van der Waals surface area contributed by atoms with Gasteiger partial charge < -0.3 is 10.6 Å². The van der Waals surface area contributed by atoms with Gasteiger partial charge in [-0.25, -0.2) is 4.52 Å². The van der Waals surface area contributed by atoms with Crippen LogP contribution < -0.4 is 10.6 Å². The number of piperidine rings is 1. The summed E-state index contributed by atoms with van der Waals surface area (Å²) in [6.45, 7) is 4.18. The summed E-state index contributed by atoms with van der Waals surface area (Å²) in [5.41, 5.74) is 2.01. The van der Waals surface area contributed by atoms with E-state index in [2.05, 4.69) is 20.7 Å².